The van der Waals surface area contributed by atoms with Crippen LogP contribution in [0.25, 0.3) is 0 Å². The van der Waals surface area contributed by atoms with Gasteiger partial charge in [-0.25, -0.2) is 4.79 Å². The number of carbonyl (C=O) groups is 4. The van der Waals surface area contributed by atoms with E-state index in [2.05, 4.69) is 10.6 Å². The summed E-state index contributed by atoms with van der Waals surface area (Å²) in [7, 11) is 0. The monoisotopic (exact) mass is 496 g/mol. The number of phenolic OH excluding ortho intramolecular Hbond substituents is 1. The van der Waals surface area contributed by atoms with Gasteiger partial charge >= 0.3 is 5.97 Å². The molecule has 4 unspecified atom stereocenters. The van der Waals surface area contributed by atoms with E-state index in [9.17, 15) is 34.5 Å². The lowest BCUT2D eigenvalue weighted by atomic mass is 10.1. The summed E-state index contributed by atoms with van der Waals surface area (Å²) in [6.45, 7) is -0.428. The highest BCUT2D eigenvalue weighted by molar-refractivity contribution is 7.98. The topological polar surface area (TPSA) is 182 Å². The molecule has 0 aromatic heterocycles. The van der Waals surface area contributed by atoms with Crippen molar-refractivity contribution in [1.82, 2.24) is 15.5 Å². The van der Waals surface area contributed by atoms with Gasteiger partial charge in [-0.05, 0) is 55.4 Å². The third-order valence-electron chi connectivity index (χ3n) is 5.59. The minimum atomic E-state index is -1.34. The van der Waals surface area contributed by atoms with Crippen LogP contribution in [0.1, 0.15) is 24.8 Å². The van der Waals surface area contributed by atoms with Gasteiger partial charge in [-0.1, -0.05) is 12.1 Å². The quantitative estimate of drug-likeness (QED) is 0.212. The van der Waals surface area contributed by atoms with Crippen LogP contribution in [0.4, 0.5) is 0 Å². The number of phenols is 1. The molecular formula is C22H32N4O7S. The Labute approximate surface area is 202 Å². The Morgan fingerprint density at radius 3 is 2.38 bits per heavy atom. The molecule has 34 heavy (non-hydrogen) atoms. The maximum absolute atomic E-state index is 13.0. The lowest BCUT2D eigenvalue weighted by molar-refractivity contribution is -0.149. The number of nitrogens with two attached hydrogens (primary N) is 1. The first-order valence-electron chi connectivity index (χ1n) is 10.9. The molecule has 0 radical (unpaired) electrons. The highest BCUT2D eigenvalue weighted by Crippen LogP contribution is 2.20. The summed E-state index contributed by atoms with van der Waals surface area (Å²) < 4.78 is 0. The number of likely N-dealkylation sites (tertiary alicyclic amines) is 1. The number of carboxylic acids is 1. The number of aliphatic carboxylic acids is 1. The number of aliphatic hydroxyl groups is 1. The standard InChI is InChI=1S/C22H32N4O7S/c1-34-10-8-16(21(31)26-9-2-3-18(26)22(32)33)24-20(30)17(12-27)25-19(29)15(23)11-13-4-6-14(28)7-5-13/h4-7,15-18,27-28H,2-3,8-12,23H2,1H3,(H,24,30)(H,25,29)(H,32,33). The number of benzene rings is 1. The summed E-state index contributed by atoms with van der Waals surface area (Å²) in [5.74, 6) is -2.41. The van der Waals surface area contributed by atoms with Crippen LogP contribution in [0.2, 0.25) is 0 Å². The first kappa shape index (κ1) is 27.4. The summed E-state index contributed by atoms with van der Waals surface area (Å²) in [5, 5.41) is 33.4. The van der Waals surface area contributed by atoms with Gasteiger partial charge in [0.25, 0.3) is 0 Å². The molecule has 3 amide bonds. The summed E-state index contributed by atoms with van der Waals surface area (Å²) in [4.78, 5) is 51.0. The van der Waals surface area contributed by atoms with E-state index in [1.54, 1.807) is 12.1 Å². The molecule has 0 bridgehead atoms. The van der Waals surface area contributed by atoms with Crippen LogP contribution in [-0.4, -0.2) is 93.2 Å². The van der Waals surface area contributed by atoms with Gasteiger partial charge in [0.1, 0.15) is 23.9 Å². The van der Waals surface area contributed by atoms with Crippen LogP contribution in [0.15, 0.2) is 24.3 Å². The number of hydrogen-bond donors (Lipinski definition) is 6. The van der Waals surface area contributed by atoms with E-state index >= 15 is 0 Å². The number of nitrogens with one attached hydrogen (secondary N) is 2. The normalized spacial score (nSPS) is 18.1. The first-order chi connectivity index (χ1) is 16.2. The van der Waals surface area contributed by atoms with Crippen molar-refractivity contribution in [3.05, 3.63) is 29.8 Å². The van der Waals surface area contributed by atoms with Crippen LogP contribution in [0.5, 0.6) is 5.75 Å². The SMILES string of the molecule is CSCCC(NC(=O)C(CO)NC(=O)C(N)Cc1ccc(O)cc1)C(=O)N1CCCC1C(=O)O. The number of carbonyl (C=O) groups excluding carboxylic acids is 3. The number of aromatic hydroxyl groups is 1. The fraction of sp³-hybridized carbons (Fsp3) is 0.545. The van der Waals surface area contributed by atoms with Crippen molar-refractivity contribution < 1.29 is 34.5 Å². The van der Waals surface area contributed by atoms with Gasteiger partial charge in [-0.3, -0.25) is 14.4 Å². The summed E-state index contributed by atoms with van der Waals surface area (Å²) in [6, 6.07) is 1.88. The Bertz CT molecular complexity index is 867. The molecule has 12 heteroatoms. The molecule has 1 aromatic carbocycles. The maximum Gasteiger partial charge on any atom is 0.326 e. The second kappa shape index (κ2) is 13.2. The van der Waals surface area contributed by atoms with Crippen molar-refractivity contribution in [2.24, 2.45) is 5.73 Å². The zero-order valence-electron chi connectivity index (χ0n) is 19.0. The predicted molar refractivity (Wildman–Crippen MR) is 126 cm³/mol. The smallest absolute Gasteiger partial charge is 0.326 e. The van der Waals surface area contributed by atoms with Gasteiger partial charge in [0.2, 0.25) is 17.7 Å². The molecule has 1 saturated heterocycles. The fourth-order valence-electron chi connectivity index (χ4n) is 3.70. The fourth-order valence-corrected chi connectivity index (χ4v) is 4.18. The van der Waals surface area contributed by atoms with Gasteiger partial charge in [0.05, 0.1) is 12.6 Å². The highest BCUT2D eigenvalue weighted by atomic mass is 32.2. The minimum absolute atomic E-state index is 0.0768. The molecule has 1 heterocycles. The highest BCUT2D eigenvalue weighted by Gasteiger charge is 2.38. The van der Waals surface area contributed by atoms with E-state index in [1.165, 1.54) is 28.8 Å². The maximum atomic E-state index is 13.0. The number of nitrogens with zero attached hydrogens (tertiary/aromatic N) is 1. The zero-order valence-corrected chi connectivity index (χ0v) is 19.8. The van der Waals surface area contributed by atoms with Crippen LogP contribution >= 0.6 is 11.8 Å². The lowest BCUT2D eigenvalue weighted by Gasteiger charge is -2.28. The molecule has 4 atom stereocenters. The molecule has 188 valence electrons. The van der Waals surface area contributed by atoms with Gasteiger partial charge in [0, 0.05) is 6.54 Å². The molecule has 7 N–H and O–H groups in total. The molecule has 0 spiro atoms. The Morgan fingerprint density at radius 2 is 1.79 bits per heavy atom. The molecule has 0 saturated carbocycles. The third kappa shape index (κ3) is 7.61. The van der Waals surface area contributed by atoms with Crippen molar-refractivity contribution in [2.45, 2.75) is 49.9 Å². The Hall–Kier alpha value is -2.83. The Kier molecular flexibility index (Phi) is 10.6. The molecule has 2 rings (SSSR count). The zero-order chi connectivity index (χ0) is 25.3. The number of hydrogen-bond acceptors (Lipinski definition) is 8. The average Bonchev–Trinajstić information content (AvgIpc) is 3.31. The molecule has 11 nitrogen and oxygen atoms in total. The van der Waals surface area contributed by atoms with Crippen molar-refractivity contribution in [1.29, 1.82) is 0 Å². The largest absolute Gasteiger partial charge is 0.508 e. The van der Waals surface area contributed by atoms with Gasteiger partial charge in [-0.15, -0.1) is 0 Å². The molecule has 1 aliphatic rings. The molecule has 1 aliphatic heterocycles. The van der Waals surface area contributed by atoms with E-state index < -0.39 is 54.5 Å². The number of carboxylic acid groups (broad SMARTS) is 1. The van der Waals surface area contributed by atoms with Gasteiger partial charge in [0.15, 0.2) is 0 Å². The van der Waals surface area contributed by atoms with Crippen molar-refractivity contribution in [3.8, 4) is 5.75 Å². The van der Waals surface area contributed by atoms with E-state index in [0.29, 0.717) is 24.2 Å². The Balaban J connectivity index is 2.02. The van der Waals surface area contributed by atoms with Gasteiger partial charge in [-0.2, -0.15) is 11.8 Å². The summed E-state index contributed by atoms with van der Waals surface area (Å²) in [6.07, 6.45) is 3.15. The third-order valence-corrected chi connectivity index (χ3v) is 6.23. The summed E-state index contributed by atoms with van der Waals surface area (Å²) in [5.41, 5.74) is 6.63. The van der Waals surface area contributed by atoms with Crippen LogP contribution in [0.3, 0.4) is 0 Å². The predicted octanol–water partition coefficient (Wildman–Crippen LogP) is -0.947. The second-order valence-corrected chi connectivity index (χ2v) is 9.08. The lowest BCUT2D eigenvalue weighted by Crippen LogP contribution is -2.58. The number of rotatable bonds is 12. The van der Waals surface area contributed by atoms with Crippen LogP contribution in [-0.2, 0) is 25.6 Å². The minimum Gasteiger partial charge on any atom is -0.508 e. The molecule has 1 fully saturated rings. The molecule has 0 aliphatic carbocycles. The average molecular weight is 497 g/mol. The second-order valence-electron chi connectivity index (χ2n) is 8.09. The Morgan fingerprint density at radius 1 is 1.15 bits per heavy atom. The van der Waals surface area contributed by atoms with Gasteiger partial charge < -0.3 is 36.6 Å². The van der Waals surface area contributed by atoms with Crippen LogP contribution < -0.4 is 16.4 Å². The summed E-state index contributed by atoms with van der Waals surface area (Å²) >= 11 is 1.46. The number of amides is 3. The van der Waals surface area contributed by atoms with E-state index in [0.717, 1.165) is 0 Å². The number of thioether (sulfide) groups is 1. The van der Waals surface area contributed by atoms with Crippen molar-refractivity contribution in [3.63, 3.8) is 0 Å². The van der Waals surface area contributed by atoms with Crippen LogP contribution in [0, 0.1) is 0 Å². The van der Waals surface area contributed by atoms with E-state index in [4.69, 9.17) is 5.73 Å². The molecular weight excluding hydrogens is 464 g/mol. The van der Waals surface area contributed by atoms with E-state index in [-0.39, 0.29) is 25.1 Å². The van der Waals surface area contributed by atoms with E-state index in [1.807, 2.05) is 6.26 Å². The molecule has 1 aromatic rings. The first-order valence-corrected chi connectivity index (χ1v) is 12.3. The van der Waals surface area contributed by atoms with Crippen molar-refractivity contribution >= 4 is 35.5 Å². The van der Waals surface area contributed by atoms with Crippen molar-refractivity contribution in [2.75, 3.05) is 25.2 Å². The number of aliphatic hydroxyl groups excluding tert-OH is 1.